The molecule has 1 rings (SSSR count). The van der Waals surface area contributed by atoms with E-state index in [1.54, 1.807) is 0 Å². The Morgan fingerprint density at radius 3 is 2.31 bits per heavy atom. The van der Waals surface area contributed by atoms with Crippen molar-refractivity contribution in [3.8, 4) is 5.75 Å². The van der Waals surface area contributed by atoms with Crippen molar-refractivity contribution in [1.82, 2.24) is 5.32 Å². The first kappa shape index (κ1) is 13.3. The zero-order valence-corrected chi connectivity index (χ0v) is 11.1. The molecule has 90 valence electrons. The van der Waals surface area contributed by atoms with Crippen LogP contribution < -0.4 is 10.1 Å². The molecule has 0 saturated heterocycles. The number of rotatable bonds is 4. The second-order valence-electron chi connectivity index (χ2n) is 5.01. The average Bonchev–Trinajstić information content (AvgIpc) is 2.18. The Labute approximate surface area is 103 Å². The van der Waals surface area contributed by atoms with Gasteiger partial charge in [-0.1, -0.05) is 11.6 Å². The van der Waals surface area contributed by atoms with Gasteiger partial charge in [0.05, 0.1) is 0 Å². The summed E-state index contributed by atoms with van der Waals surface area (Å²) < 4.78 is 5.74. The van der Waals surface area contributed by atoms with Gasteiger partial charge in [0.15, 0.2) is 0 Å². The Balaban J connectivity index is 2.39. The van der Waals surface area contributed by atoms with Gasteiger partial charge in [-0.15, -0.1) is 0 Å². The quantitative estimate of drug-likeness (QED) is 0.871. The van der Waals surface area contributed by atoms with Gasteiger partial charge in [-0.25, -0.2) is 0 Å². The van der Waals surface area contributed by atoms with Crippen molar-refractivity contribution >= 4 is 11.6 Å². The molecule has 1 N–H and O–H groups in total. The zero-order chi connectivity index (χ0) is 12.2. The lowest BCUT2D eigenvalue weighted by atomic mass is 10.1. The molecule has 0 aliphatic carbocycles. The van der Waals surface area contributed by atoms with Crippen molar-refractivity contribution in [1.29, 1.82) is 0 Å². The zero-order valence-electron chi connectivity index (χ0n) is 10.4. The van der Waals surface area contributed by atoms with E-state index in [4.69, 9.17) is 16.3 Å². The van der Waals surface area contributed by atoms with Crippen molar-refractivity contribution in [3.05, 3.63) is 29.3 Å². The van der Waals surface area contributed by atoms with Gasteiger partial charge < -0.3 is 10.1 Å². The summed E-state index contributed by atoms with van der Waals surface area (Å²) in [5.74, 6) is 0.854. The molecule has 3 heteroatoms. The topological polar surface area (TPSA) is 21.3 Å². The summed E-state index contributed by atoms with van der Waals surface area (Å²) in [6.45, 7) is 9.30. The van der Waals surface area contributed by atoms with Crippen LogP contribution in [0.5, 0.6) is 5.75 Å². The summed E-state index contributed by atoms with van der Waals surface area (Å²) in [5, 5.41) is 4.13. The van der Waals surface area contributed by atoms with Gasteiger partial charge in [-0.05, 0) is 52.0 Å². The molecule has 0 fully saturated rings. The van der Waals surface area contributed by atoms with E-state index in [0.717, 1.165) is 17.3 Å². The molecule has 0 aliphatic heterocycles. The molecule has 1 atom stereocenters. The fraction of sp³-hybridized carbons (Fsp3) is 0.538. The minimum Gasteiger partial charge on any atom is -0.489 e. The molecule has 0 saturated carbocycles. The molecule has 1 aromatic carbocycles. The molecule has 0 bridgehead atoms. The van der Waals surface area contributed by atoms with Crippen molar-refractivity contribution in [2.75, 3.05) is 6.54 Å². The fourth-order valence-corrected chi connectivity index (χ4v) is 1.36. The smallest absolute Gasteiger partial charge is 0.119 e. The lowest BCUT2D eigenvalue weighted by molar-refractivity contribution is 0.203. The summed E-state index contributed by atoms with van der Waals surface area (Å²) in [6.07, 6.45) is 0.139. The number of hydrogen-bond donors (Lipinski definition) is 1. The molecule has 0 heterocycles. The largest absolute Gasteiger partial charge is 0.489 e. The highest BCUT2D eigenvalue weighted by Gasteiger charge is 2.11. The van der Waals surface area contributed by atoms with Crippen molar-refractivity contribution < 1.29 is 4.74 Å². The predicted molar refractivity (Wildman–Crippen MR) is 69.3 cm³/mol. The number of benzene rings is 1. The van der Waals surface area contributed by atoms with E-state index in [9.17, 15) is 0 Å². The summed E-state index contributed by atoms with van der Waals surface area (Å²) in [7, 11) is 0. The Morgan fingerprint density at radius 2 is 1.81 bits per heavy atom. The standard InChI is InChI=1S/C13H20ClNO/c1-10(9-15-13(2,3)4)16-12-7-5-11(14)6-8-12/h5-8,10,15H,9H2,1-4H3. The third kappa shape index (κ3) is 5.38. The van der Waals surface area contributed by atoms with Crippen LogP contribution in [0.4, 0.5) is 0 Å². The Hall–Kier alpha value is -0.730. The normalized spacial score (nSPS) is 13.6. The lowest BCUT2D eigenvalue weighted by Gasteiger charge is -2.24. The van der Waals surface area contributed by atoms with Crippen LogP contribution in [0.25, 0.3) is 0 Å². The maximum Gasteiger partial charge on any atom is 0.119 e. The molecule has 0 aliphatic rings. The van der Waals surface area contributed by atoms with Gasteiger partial charge in [-0.2, -0.15) is 0 Å². The van der Waals surface area contributed by atoms with Crippen molar-refractivity contribution in [2.45, 2.75) is 39.3 Å². The van der Waals surface area contributed by atoms with E-state index >= 15 is 0 Å². The summed E-state index contributed by atoms with van der Waals surface area (Å²) in [5.41, 5.74) is 0.123. The fourth-order valence-electron chi connectivity index (χ4n) is 1.24. The monoisotopic (exact) mass is 241 g/mol. The number of ether oxygens (including phenoxy) is 1. The van der Waals surface area contributed by atoms with Crippen LogP contribution in [0.2, 0.25) is 5.02 Å². The summed E-state index contributed by atoms with van der Waals surface area (Å²) in [6, 6.07) is 7.44. The van der Waals surface area contributed by atoms with Crippen molar-refractivity contribution in [2.24, 2.45) is 0 Å². The number of nitrogens with one attached hydrogen (secondary N) is 1. The highest BCUT2D eigenvalue weighted by molar-refractivity contribution is 6.30. The molecule has 16 heavy (non-hydrogen) atoms. The van der Waals surface area contributed by atoms with E-state index < -0.39 is 0 Å². The summed E-state index contributed by atoms with van der Waals surface area (Å²) in [4.78, 5) is 0. The van der Waals surface area contributed by atoms with Crippen LogP contribution in [0.3, 0.4) is 0 Å². The first-order valence-electron chi connectivity index (χ1n) is 5.54. The van der Waals surface area contributed by atoms with Gasteiger partial charge in [0.25, 0.3) is 0 Å². The molecular weight excluding hydrogens is 222 g/mol. The Kier molecular flexibility index (Phi) is 4.63. The van der Waals surface area contributed by atoms with Crippen LogP contribution in [-0.4, -0.2) is 18.2 Å². The van der Waals surface area contributed by atoms with Gasteiger partial charge in [0.2, 0.25) is 0 Å². The van der Waals surface area contributed by atoms with Crippen LogP contribution in [0, 0.1) is 0 Å². The molecule has 1 unspecified atom stereocenters. The Bertz CT molecular complexity index is 316. The van der Waals surface area contributed by atoms with E-state index in [1.807, 2.05) is 31.2 Å². The van der Waals surface area contributed by atoms with Gasteiger partial charge in [0, 0.05) is 17.1 Å². The molecule has 0 radical (unpaired) electrons. The second kappa shape index (κ2) is 5.55. The highest BCUT2D eigenvalue weighted by atomic mass is 35.5. The van der Waals surface area contributed by atoms with Gasteiger partial charge >= 0.3 is 0 Å². The Morgan fingerprint density at radius 1 is 1.25 bits per heavy atom. The van der Waals surface area contributed by atoms with Gasteiger partial charge in [0.1, 0.15) is 11.9 Å². The molecule has 0 spiro atoms. The van der Waals surface area contributed by atoms with Gasteiger partial charge in [-0.3, -0.25) is 0 Å². The van der Waals surface area contributed by atoms with E-state index in [0.29, 0.717) is 0 Å². The molecule has 1 aromatic rings. The van der Waals surface area contributed by atoms with Crippen molar-refractivity contribution in [3.63, 3.8) is 0 Å². The van der Waals surface area contributed by atoms with E-state index in [2.05, 4.69) is 26.1 Å². The molecule has 0 aromatic heterocycles. The first-order valence-corrected chi connectivity index (χ1v) is 5.92. The number of hydrogen-bond acceptors (Lipinski definition) is 2. The second-order valence-corrected chi connectivity index (χ2v) is 5.45. The summed E-state index contributed by atoms with van der Waals surface area (Å²) >= 11 is 5.80. The lowest BCUT2D eigenvalue weighted by Crippen LogP contribution is -2.41. The maximum absolute atomic E-state index is 5.80. The van der Waals surface area contributed by atoms with Crippen LogP contribution in [-0.2, 0) is 0 Å². The molecule has 2 nitrogen and oxygen atoms in total. The van der Waals surface area contributed by atoms with E-state index in [-0.39, 0.29) is 11.6 Å². The van der Waals surface area contributed by atoms with E-state index in [1.165, 1.54) is 0 Å². The predicted octanol–water partition coefficient (Wildman–Crippen LogP) is 3.50. The molecule has 0 amide bonds. The van der Waals surface area contributed by atoms with Crippen LogP contribution in [0.15, 0.2) is 24.3 Å². The first-order chi connectivity index (χ1) is 7.37. The average molecular weight is 242 g/mol. The van der Waals surface area contributed by atoms with Crippen LogP contribution in [0.1, 0.15) is 27.7 Å². The minimum atomic E-state index is 0.123. The minimum absolute atomic E-state index is 0.123. The highest BCUT2D eigenvalue weighted by Crippen LogP contribution is 2.16. The maximum atomic E-state index is 5.80. The van der Waals surface area contributed by atoms with Crippen LogP contribution >= 0.6 is 11.6 Å². The third-order valence-electron chi connectivity index (χ3n) is 2.07. The molecular formula is C13H20ClNO. The SMILES string of the molecule is CC(CNC(C)(C)C)Oc1ccc(Cl)cc1. The third-order valence-corrected chi connectivity index (χ3v) is 2.32. The number of halogens is 1.